The van der Waals surface area contributed by atoms with Gasteiger partial charge in [0, 0.05) is 6.04 Å². The summed E-state index contributed by atoms with van der Waals surface area (Å²) >= 11 is 0. The first-order valence-corrected chi connectivity index (χ1v) is 7.03. The molecule has 2 rings (SSSR count). The van der Waals surface area contributed by atoms with Crippen LogP contribution in [0.25, 0.3) is 0 Å². The van der Waals surface area contributed by atoms with Gasteiger partial charge in [-0.3, -0.25) is 0 Å². The van der Waals surface area contributed by atoms with Gasteiger partial charge in [-0.1, -0.05) is 24.3 Å². The highest BCUT2D eigenvalue weighted by Gasteiger charge is 2.11. The highest BCUT2D eigenvalue weighted by molar-refractivity contribution is 5.88. The third-order valence-electron chi connectivity index (χ3n) is 3.49. The number of hydrogen-bond acceptors (Lipinski definition) is 4. The van der Waals surface area contributed by atoms with Gasteiger partial charge >= 0.3 is 5.97 Å². The number of carbonyl (C=O) groups excluding carboxylic acids is 1. The Hall–Kier alpha value is -2.07. The number of esters is 1. The molecule has 1 unspecified atom stereocenters. The van der Waals surface area contributed by atoms with Crippen LogP contribution < -0.4 is 5.32 Å². The highest BCUT2D eigenvalue weighted by Crippen LogP contribution is 2.12. The van der Waals surface area contributed by atoms with Gasteiger partial charge in [-0.25, -0.2) is 4.79 Å². The minimum atomic E-state index is -0.377. The number of methoxy groups -OCH3 is 1. The van der Waals surface area contributed by atoms with E-state index in [1.165, 1.54) is 24.5 Å². The molecule has 0 bridgehead atoms. The molecule has 4 heteroatoms. The Morgan fingerprint density at radius 2 is 2.14 bits per heavy atom. The second kappa shape index (κ2) is 7.09. The SMILES string of the molecule is COC(=O)c1coc(CNC(C)Cc2ccccc2C)c1. The molecule has 1 heterocycles. The summed E-state index contributed by atoms with van der Waals surface area (Å²) in [5, 5.41) is 3.40. The second-order valence-electron chi connectivity index (χ2n) is 5.21. The molecule has 1 aromatic heterocycles. The Morgan fingerprint density at radius 1 is 1.38 bits per heavy atom. The number of furan rings is 1. The summed E-state index contributed by atoms with van der Waals surface area (Å²) < 4.78 is 10.00. The molecule has 4 nitrogen and oxygen atoms in total. The Kier molecular flexibility index (Phi) is 5.17. The first-order valence-electron chi connectivity index (χ1n) is 7.03. The molecule has 0 aliphatic rings. The first kappa shape index (κ1) is 15.3. The zero-order valence-electron chi connectivity index (χ0n) is 12.7. The fourth-order valence-corrected chi connectivity index (χ4v) is 2.21. The van der Waals surface area contributed by atoms with Crippen LogP contribution in [0.15, 0.2) is 41.0 Å². The maximum Gasteiger partial charge on any atom is 0.341 e. The lowest BCUT2D eigenvalue weighted by Gasteiger charge is -2.14. The van der Waals surface area contributed by atoms with Gasteiger partial charge in [-0.05, 0) is 37.5 Å². The normalized spacial score (nSPS) is 12.1. The molecule has 2 aromatic rings. The van der Waals surface area contributed by atoms with Gasteiger partial charge in [0.05, 0.1) is 19.2 Å². The summed E-state index contributed by atoms with van der Waals surface area (Å²) in [5.74, 6) is 0.352. The Morgan fingerprint density at radius 3 is 2.86 bits per heavy atom. The molecule has 1 N–H and O–H groups in total. The summed E-state index contributed by atoms with van der Waals surface area (Å²) in [6.45, 7) is 4.85. The monoisotopic (exact) mass is 287 g/mol. The summed E-state index contributed by atoms with van der Waals surface area (Å²) in [6, 6.07) is 10.4. The van der Waals surface area contributed by atoms with Crippen molar-refractivity contribution in [2.75, 3.05) is 7.11 Å². The Balaban J connectivity index is 1.86. The van der Waals surface area contributed by atoms with Crippen molar-refractivity contribution in [3.63, 3.8) is 0 Å². The van der Waals surface area contributed by atoms with Crippen molar-refractivity contribution in [3.05, 3.63) is 59.0 Å². The third-order valence-corrected chi connectivity index (χ3v) is 3.49. The van der Waals surface area contributed by atoms with Gasteiger partial charge in [0.1, 0.15) is 12.0 Å². The van der Waals surface area contributed by atoms with Crippen LogP contribution in [-0.2, 0) is 17.7 Å². The van der Waals surface area contributed by atoms with Crippen LogP contribution in [0.5, 0.6) is 0 Å². The second-order valence-corrected chi connectivity index (χ2v) is 5.21. The summed E-state index contributed by atoms with van der Waals surface area (Å²) in [6.07, 6.45) is 2.38. The molecule has 0 aliphatic carbocycles. The fourth-order valence-electron chi connectivity index (χ4n) is 2.21. The maximum atomic E-state index is 11.3. The Bertz CT molecular complexity index is 604. The van der Waals surface area contributed by atoms with Crippen molar-refractivity contribution in [3.8, 4) is 0 Å². The van der Waals surface area contributed by atoms with E-state index in [0.717, 1.165) is 12.2 Å². The number of aryl methyl sites for hydroxylation is 1. The van der Waals surface area contributed by atoms with Crippen molar-refractivity contribution in [1.82, 2.24) is 5.32 Å². The number of carbonyl (C=O) groups is 1. The van der Waals surface area contributed by atoms with Crippen molar-refractivity contribution in [1.29, 1.82) is 0 Å². The van der Waals surface area contributed by atoms with Gasteiger partial charge in [0.25, 0.3) is 0 Å². The van der Waals surface area contributed by atoms with Crippen molar-refractivity contribution in [2.24, 2.45) is 0 Å². The zero-order chi connectivity index (χ0) is 15.2. The molecular weight excluding hydrogens is 266 g/mol. The van der Waals surface area contributed by atoms with Gasteiger partial charge < -0.3 is 14.5 Å². The van der Waals surface area contributed by atoms with E-state index in [2.05, 4.69) is 42.1 Å². The summed E-state index contributed by atoms with van der Waals surface area (Å²) in [7, 11) is 1.36. The predicted molar refractivity (Wildman–Crippen MR) is 81.2 cm³/mol. The number of nitrogens with one attached hydrogen (secondary N) is 1. The van der Waals surface area contributed by atoms with Crippen LogP contribution >= 0.6 is 0 Å². The molecule has 0 fully saturated rings. The molecule has 0 saturated heterocycles. The fraction of sp³-hybridized carbons (Fsp3) is 0.353. The first-order chi connectivity index (χ1) is 10.1. The molecule has 0 aliphatic heterocycles. The van der Waals surface area contributed by atoms with E-state index in [1.54, 1.807) is 6.07 Å². The molecule has 1 atom stereocenters. The molecule has 21 heavy (non-hydrogen) atoms. The van der Waals surface area contributed by atoms with Crippen LogP contribution in [0.4, 0.5) is 0 Å². The minimum Gasteiger partial charge on any atom is -0.467 e. The van der Waals surface area contributed by atoms with Gasteiger partial charge in [-0.2, -0.15) is 0 Å². The molecule has 112 valence electrons. The number of benzene rings is 1. The molecule has 0 spiro atoms. The Labute approximate surface area is 125 Å². The van der Waals surface area contributed by atoms with E-state index in [9.17, 15) is 4.79 Å². The average Bonchev–Trinajstić information content (AvgIpc) is 2.96. The van der Waals surface area contributed by atoms with Crippen LogP contribution in [0.2, 0.25) is 0 Å². The average molecular weight is 287 g/mol. The minimum absolute atomic E-state index is 0.317. The largest absolute Gasteiger partial charge is 0.467 e. The van der Waals surface area contributed by atoms with Gasteiger partial charge in [-0.15, -0.1) is 0 Å². The predicted octanol–water partition coefficient (Wildman–Crippen LogP) is 3.10. The van der Waals surface area contributed by atoms with E-state index >= 15 is 0 Å². The summed E-state index contributed by atoms with van der Waals surface area (Å²) in [5.41, 5.74) is 3.09. The highest BCUT2D eigenvalue weighted by atomic mass is 16.5. The molecule has 1 aromatic carbocycles. The topological polar surface area (TPSA) is 51.5 Å². The maximum absolute atomic E-state index is 11.3. The van der Waals surface area contributed by atoms with E-state index in [4.69, 9.17) is 4.42 Å². The van der Waals surface area contributed by atoms with Crippen molar-refractivity contribution >= 4 is 5.97 Å². The lowest BCUT2D eigenvalue weighted by molar-refractivity contribution is 0.0600. The zero-order valence-corrected chi connectivity index (χ0v) is 12.7. The smallest absolute Gasteiger partial charge is 0.341 e. The van der Waals surface area contributed by atoms with E-state index in [0.29, 0.717) is 18.2 Å². The van der Waals surface area contributed by atoms with E-state index < -0.39 is 0 Å². The lowest BCUT2D eigenvalue weighted by Crippen LogP contribution is -2.27. The quantitative estimate of drug-likeness (QED) is 0.829. The van der Waals surface area contributed by atoms with Crippen LogP contribution in [0.3, 0.4) is 0 Å². The lowest BCUT2D eigenvalue weighted by atomic mass is 10.0. The number of hydrogen-bond donors (Lipinski definition) is 1. The number of ether oxygens (including phenoxy) is 1. The van der Waals surface area contributed by atoms with Crippen molar-refractivity contribution < 1.29 is 13.9 Å². The number of rotatable bonds is 6. The van der Waals surface area contributed by atoms with E-state index in [-0.39, 0.29) is 5.97 Å². The van der Waals surface area contributed by atoms with Gasteiger partial charge in [0.15, 0.2) is 0 Å². The molecular formula is C17H21NO3. The molecule has 0 radical (unpaired) electrons. The van der Waals surface area contributed by atoms with Gasteiger partial charge in [0.2, 0.25) is 0 Å². The molecule has 0 saturated carbocycles. The molecule has 0 amide bonds. The standard InChI is InChI=1S/C17H21NO3/c1-12-6-4-5-7-14(12)8-13(2)18-10-16-9-15(11-21-16)17(19)20-3/h4-7,9,11,13,18H,8,10H2,1-3H3. The third kappa shape index (κ3) is 4.20. The summed E-state index contributed by atoms with van der Waals surface area (Å²) in [4.78, 5) is 11.3. The van der Waals surface area contributed by atoms with Crippen LogP contribution in [0, 0.1) is 6.92 Å². The van der Waals surface area contributed by atoms with E-state index in [1.807, 2.05) is 6.07 Å². The van der Waals surface area contributed by atoms with Crippen molar-refractivity contribution in [2.45, 2.75) is 32.9 Å². The van der Waals surface area contributed by atoms with Crippen LogP contribution in [-0.4, -0.2) is 19.1 Å². The van der Waals surface area contributed by atoms with Crippen LogP contribution in [0.1, 0.15) is 34.2 Å².